The van der Waals surface area contributed by atoms with Crippen molar-refractivity contribution in [2.75, 3.05) is 0 Å². The van der Waals surface area contributed by atoms with Crippen LogP contribution >= 0.6 is 0 Å². The Morgan fingerprint density at radius 3 is 3.00 bits per heavy atom. The summed E-state index contributed by atoms with van der Waals surface area (Å²) >= 11 is 0. The molecule has 4 aromatic rings. The molecular formula is C13H10N6. The minimum Gasteiger partial charge on any atom is -0.250 e. The fourth-order valence-electron chi connectivity index (χ4n) is 2.15. The summed E-state index contributed by atoms with van der Waals surface area (Å²) in [6.07, 6.45) is 7.18. The van der Waals surface area contributed by atoms with Gasteiger partial charge in [0.15, 0.2) is 11.3 Å². The molecule has 0 spiro atoms. The van der Waals surface area contributed by atoms with Gasteiger partial charge in [-0.05, 0) is 18.2 Å². The highest BCUT2D eigenvalue weighted by atomic mass is 15.3. The van der Waals surface area contributed by atoms with Gasteiger partial charge in [0.25, 0.3) is 0 Å². The molecule has 0 saturated carbocycles. The summed E-state index contributed by atoms with van der Waals surface area (Å²) in [7, 11) is 1.88. The van der Waals surface area contributed by atoms with E-state index in [1.165, 1.54) is 0 Å². The molecule has 0 unspecified atom stereocenters. The van der Waals surface area contributed by atoms with Gasteiger partial charge in [-0.1, -0.05) is 0 Å². The van der Waals surface area contributed by atoms with Crippen molar-refractivity contribution in [3.8, 4) is 11.3 Å². The monoisotopic (exact) mass is 250 g/mol. The summed E-state index contributed by atoms with van der Waals surface area (Å²) in [6, 6.07) is 5.93. The molecule has 0 aliphatic carbocycles. The van der Waals surface area contributed by atoms with Gasteiger partial charge < -0.3 is 0 Å². The van der Waals surface area contributed by atoms with Crippen LogP contribution in [0.25, 0.3) is 27.9 Å². The van der Waals surface area contributed by atoms with E-state index in [1.54, 1.807) is 15.4 Å². The molecule has 4 heterocycles. The lowest BCUT2D eigenvalue weighted by molar-refractivity contribution is 0.786. The van der Waals surface area contributed by atoms with Crippen LogP contribution in [0.4, 0.5) is 0 Å². The molecule has 0 aromatic carbocycles. The van der Waals surface area contributed by atoms with E-state index >= 15 is 0 Å². The first kappa shape index (κ1) is 10.2. The normalized spacial score (nSPS) is 11.4. The summed E-state index contributed by atoms with van der Waals surface area (Å²) in [5, 5.41) is 9.70. The van der Waals surface area contributed by atoms with E-state index in [1.807, 2.05) is 43.8 Å². The Morgan fingerprint density at radius 2 is 2.05 bits per heavy atom. The van der Waals surface area contributed by atoms with Gasteiger partial charge in [-0.15, -0.1) is 0 Å². The molecule has 19 heavy (non-hydrogen) atoms. The van der Waals surface area contributed by atoms with Crippen molar-refractivity contribution in [3.05, 3.63) is 43.0 Å². The molecule has 0 aliphatic heterocycles. The van der Waals surface area contributed by atoms with E-state index in [-0.39, 0.29) is 0 Å². The van der Waals surface area contributed by atoms with Gasteiger partial charge in [0.05, 0.1) is 11.9 Å². The third kappa shape index (κ3) is 1.50. The number of imidazole rings is 1. The van der Waals surface area contributed by atoms with Crippen molar-refractivity contribution in [2.24, 2.45) is 7.05 Å². The van der Waals surface area contributed by atoms with Crippen molar-refractivity contribution in [2.45, 2.75) is 0 Å². The molecule has 0 saturated heterocycles. The van der Waals surface area contributed by atoms with Gasteiger partial charge in [0.2, 0.25) is 0 Å². The maximum absolute atomic E-state index is 4.51. The third-order valence-corrected chi connectivity index (χ3v) is 3.12. The van der Waals surface area contributed by atoms with Gasteiger partial charge in [-0.3, -0.25) is 4.68 Å². The summed E-state index contributed by atoms with van der Waals surface area (Å²) in [5.74, 6) is 0. The summed E-state index contributed by atoms with van der Waals surface area (Å²) in [4.78, 5) is 8.60. The molecule has 0 bridgehead atoms. The highest BCUT2D eigenvalue weighted by molar-refractivity contribution is 5.79. The van der Waals surface area contributed by atoms with Crippen LogP contribution in [0.2, 0.25) is 0 Å². The number of nitrogens with zero attached hydrogens (tertiary/aromatic N) is 6. The van der Waals surface area contributed by atoms with Gasteiger partial charge in [-0.25, -0.2) is 14.5 Å². The maximum Gasteiger partial charge on any atom is 0.157 e. The quantitative estimate of drug-likeness (QED) is 0.515. The molecule has 0 atom stereocenters. The molecule has 6 heteroatoms. The first-order chi connectivity index (χ1) is 9.31. The number of aromatic nitrogens is 6. The fraction of sp³-hybridized carbons (Fsp3) is 0.0769. The Labute approximate surface area is 108 Å². The molecular weight excluding hydrogens is 240 g/mol. The van der Waals surface area contributed by atoms with Gasteiger partial charge in [-0.2, -0.15) is 10.2 Å². The van der Waals surface area contributed by atoms with Gasteiger partial charge >= 0.3 is 0 Å². The number of hydrogen-bond acceptors (Lipinski definition) is 4. The predicted molar refractivity (Wildman–Crippen MR) is 70.5 cm³/mol. The smallest absolute Gasteiger partial charge is 0.157 e. The number of pyridine rings is 1. The number of fused-ring (bicyclic) bond motifs is 2. The zero-order chi connectivity index (χ0) is 12.8. The number of aryl methyl sites for hydroxylation is 1. The minimum atomic E-state index is 0.833. The predicted octanol–water partition coefficient (Wildman–Crippen LogP) is 1.68. The van der Waals surface area contributed by atoms with E-state index in [0.29, 0.717) is 0 Å². The molecule has 0 aliphatic rings. The average molecular weight is 250 g/mol. The summed E-state index contributed by atoms with van der Waals surface area (Å²) in [6.45, 7) is 0. The van der Waals surface area contributed by atoms with Gasteiger partial charge in [0, 0.05) is 36.6 Å². The fourth-order valence-corrected chi connectivity index (χ4v) is 2.15. The third-order valence-electron chi connectivity index (χ3n) is 3.12. The van der Waals surface area contributed by atoms with Crippen LogP contribution in [0.1, 0.15) is 0 Å². The Morgan fingerprint density at radius 1 is 1.11 bits per heavy atom. The molecule has 0 fully saturated rings. The number of hydrogen-bond donors (Lipinski definition) is 0. The van der Waals surface area contributed by atoms with Crippen molar-refractivity contribution in [1.29, 1.82) is 0 Å². The lowest BCUT2D eigenvalue weighted by Crippen LogP contribution is -1.95. The average Bonchev–Trinajstić information content (AvgIpc) is 3.04. The van der Waals surface area contributed by atoms with Crippen LogP contribution in [0.15, 0.2) is 43.0 Å². The van der Waals surface area contributed by atoms with Crippen molar-refractivity contribution < 1.29 is 0 Å². The maximum atomic E-state index is 4.51. The van der Waals surface area contributed by atoms with E-state index < -0.39 is 0 Å². The molecule has 92 valence electrons. The Balaban J connectivity index is 1.92. The Kier molecular flexibility index (Phi) is 1.94. The topological polar surface area (TPSA) is 60.9 Å². The SMILES string of the molecule is Cn1ncc2cc(-c3ccc4nccn4n3)cnc21. The molecule has 0 amide bonds. The summed E-state index contributed by atoms with van der Waals surface area (Å²) < 4.78 is 3.51. The highest BCUT2D eigenvalue weighted by Crippen LogP contribution is 2.20. The molecule has 4 aromatic heterocycles. The second-order valence-electron chi connectivity index (χ2n) is 4.35. The van der Waals surface area contributed by atoms with Crippen LogP contribution in [0.3, 0.4) is 0 Å². The van der Waals surface area contributed by atoms with E-state index in [0.717, 1.165) is 27.9 Å². The van der Waals surface area contributed by atoms with Crippen LogP contribution in [-0.2, 0) is 7.05 Å². The summed E-state index contributed by atoms with van der Waals surface area (Å²) in [5.41, 5.74) is 3.53. The zero-order valence-electron chi connectivity index (χ0n) is 10.2. The highest BCUT2D eigenvalue weighted by Gasteiger charge is 2.06. The van der Waals surface area contributed by atoms with E-state index in [2.05, 4.69) is 20.2 Å². The number of rotatable bonds is 1. The lowest BCUT2D eigenvalue weighted by Gasteiger charge is -2.01. The first-order valence-electron chi connectivity index (χ1n) is 5.90. The minimum absolute atomic E-state index is 0.833. The van der Waals surface area contributed by atoms with Gasteiger partial charge in [0.1, 0.15) is 0 Å². The van der Waals surface area contributed by atoms with E-state index in [4.69, 9.17) is 0 Å². The standard InChI is InChI=1S/C13H10N6/c1-18-13-10(8-16-18)6-9(7-15-13)11-2-3-12-14-4-5-19(12)17-11/h2-8H,1H3. The first-order valence-corrected chi connectivity index (χ1v) is 5.90. The molecule has 0 radical (unpaired) electrons. The van der Waals surface area contributed by atoms with Crippen molar-refractivity contribution in [1.82, 2.24) is 29.4 Å². The zero-order valence-corrected chi connectivity index (χ0v) is 10.2. The van der Waals surface area contributed by atoms with Crippen LogP contribution < -0.4 is 0 Å². The second-order valence-corrected chi connectivity index (χ2v) is 4.35. The Bertz CT molecular complexity index is 888. The Hall–Kier alpha value is -2.76. The molecule has 6 nitrogen and oxygen atoms in total. The van der Waals surface area contributed by atoms with E-state index in [9.17, 15) is 0 Å². The second kappa shape index (κ2) is 3.61. The van der Waals surface area contributed by atoms with Crippen molar-refractivity contribution in [3.63, 3.8) is 0 Å². The van der Waals surface area contributed by atoms with Crippen LogP contribution in [-0.4, -0.2) is 29.4 Å². The largest absolute Gasteiger partial charge is 0.250 e. The van der Waals surface area contributed by atoms with Crippen LogP contribution in [0.5, 0.6) is 0 Å². The van der Waals surface area contributed by atoms with Crippen LogP contribution in [0, 0.1) is 0 Å². The van der Waals surface area contributed by atoms with Crippen molar-refractivity contribution >= 4 is 16.7 Å². The lowest BCUT2D eigenvalue weighted by atomic mass is 10.2. The molecule has 0 N–H and O–H groups in total. The molecule has 4 rings (SSSR count).